The molecule has 1 aliphatic rings. The Morgan fingerprint density at radius 2 is 2.33 bits per heavy atom. The van der Waals surface area contributed by atoms with Crippen molar-refractivity contribution >= 4 is 11.8 Å². The summed E-state index contributed by atoms with van der Waals surface area (Å²) in [6.45, 7) is 4.33. The zero-order valence-electron chi connectivity index (χ0n) is 10.4. The van der Waals surface area contributed by atoms with E-state index in [1.165, 1.54) is 6.39 Å². The summed E-state index contributed by atoms with van der Waals surface area (Å²) in [5, 5.41) is 6.30. The molecule has 2 amide bonds. The molecule has 98 valence electrons. The van der Waals surface area contributed by atoms with Crippen LogP contribution >= 0.6 is 0 Å². The lowest BCUT2D eigenvalue weighted by Gasteiger charge is -2.36. The highest BCUT2D eigenvalue weighted by Crippen LogP contribution is 2.15. The zero-order valence-corrected chi connectivity index (χ0v) is 10.4. The zero-order chi connectivity index (χ0) is 13.1. The molecular weight excluding hydrogens is 236 g/mol. The minimum atomic E-state index is -0.418. The number of carbonyl (C=O) groups is 2. The number of amides is 2. The van der Waals surface area contributed by atoms with Crippen LogP contribution in [0.4, 0.5) is 0 Å². The van der Waals surface area contributed by atoms with Crippen LogP contribution in [0.2, 0.25) is 0 Å². The van der Waals surface area contributed by atoms with Crippen molar-refractivity contribution in [2.24, 2.45) is 5.92 Å². The lowest BCUT2D eigenvalue weighted by molar-refractivity contribution is -0.147. The number of rotatable bonds is 4. The van der Waals surface area contributed by atoms with E-state index < -0.39 is 6.04 Å². The molecule has 0 radical (unpaired) electrons. The molecule has 1 saturated heterocycles. The number of nitrogens with one attached hydrogen (secondary N) is 1. The van der Waals surface area contributed by atoms with E-state index in [1.807, 2.05) is 13.8 Å². The average molecular weight is 252 g/mol. The van der Waals surface area contributed by atoms with Gasteiger partial charge in [-0.3, -0.25) is 9.59 Å². The molecule has 1 fully saturated rings. The molecule has 2 rings (SSSR count). The van der Waals surface area contributed by atoms with Gasteiger partial charge in [0, 0.05) is 13.0 Å². The Morgan fingerprint density at radius 3 is 2.94 bits per heavy atom. The standard InChI is InChI=1S/C11H16N4O3/c1-7(2)10-11(17)12-5-9(16)15(10)4-3-8-13-6-18-14-8/h6-7,10H,3-5H2,1-2H3,(H,12,17). The highest BCUT2D eigenvalue weighted by atomic mass is 16.5. The van der Waals surface area contributed by atoms with E-state index >= 15 is 0 Å². The second-order valence-corrected chi connectivity index (χ2v) is 4.59. The van der Waals surface area contributed by atoms with Crippen LogP contribution < -0.4 is 5.32 Å². The van der Waals surface area contributed by atoms with Crippen LogP contribution in [-0.2, 0) is 16.0 Å². The van der Waals surface area contributed by atoms with Gasteiger partial charge in [0.15, 0.2) is 5.82 Å². The third-order valence-electron chi connectivity index (χ3n) is 2.95. The van der Waals surface area contributed by atoms with Crippen LogP contribution in [0, 0.1) is 5.92 Å². The third kappa shape index (κ3) is 2.49. The van der Waals surface area contributed by atoms with Gasteiger partial charge in [-0.25, -0.2) is 0 Å². The Bertz CT molecular complexity index is 430. The number of hydrogen-bond acceptors (Lipinski definition) is 5. The summed E-state index contributed by atoms with van der Waals surface area (Å²) in [6, 6.07) is -0.418. The first-order valence-corrected chi connectivity index (χ1v) is 5.92. The molecule has 0 aromatic carbocycles. The molecule has 7 heteroatoms. The molecule has 1 atom stereocenters. The second kappa shape index (κ2) is 5.16. The fourth-order valence-electron chi connectivity index (χ4n) is 2.11. The summed E-state index contributed by atoms with van der Waals surface area (Å²) in [7, 11) is 0. The number of carbonyl (C=O) groups excluding carboxylic acids is 2. The van der Waals surface area contributed by atoms with Gasteiger partial charge in [-0.1, -0.05) is 19.0 Å². The number of piperazine rings is 1. The lowest BCUT2D eigenvalue weighted by atomic mass is 9.99. The van der Waals surface area contributed by atoms with Crippen LogP contribution in [0.25, 0.3) is 0 Å². The molecule has 1 aromatic heterocycles. The molecule has 2 heterocycles. The maximum absolute atomic E-state index is 11.9. The summed E-state index contributed by atoms with van der Waals surface area (Å²) in [4.78, 5) is 29.2. The van der Waals surface area contributed by atoms with Gasteiger partial charge < -0.3 is 14.7 Å². The van der Waals surface area contributed by atoms with Crippen molar-refractivity contribution in [1.29, 1.82) is 0 Å². The van der Waals surface area contributed by atoms with Gasteiger partial charge in [0.1, 0.15) is 6.04 Å². The van der Waals surface area contributed by atoms with Crippen molar-refractivity contribution in [3.63, 3.8) is 0 Å². The minimum absolute atomic E-state index is 0.0638. The molecule has 0 spiro atoms. The van der Waals surface area contributed by atoms with Crippen molar-refractivity contribution in [3.8, 4) is 0 Å². The first-order chi connectivity index (χ1) is 8.59. The van der Waals surface area contributed by atoms with Crippen LogP contribution in [0.5, 0.6) is 0 Å². The van der Waals surface area contributed by atoms with E-state index in [-0.39, 0.29) is 24.3 Å². The van der Waals surface area contributed by atoms with E-state index in [0.717, 1.165) is 0 Å². The maximum atomic E-state index is 11.9. The smallest absolute Gasteiger partial charge is 0.243 e. The molecule has 1 aromatic rings. The van der Waals surface area contributed by atoms with E-state index in [2.05, 4.69) is 20.0 Å². The van der Waals surface area contributed by atoms with Gasteiger partial charge in [0.25, 0.3) is 0 Å². The maximum Gasteiger partial charge on any atom is 0.243 e. The van der Waals surface area contributed by atoms with Crippen molar-refractivity contribution < 1.29 is 14.1 Å². The first kappa shape index (κ1) is 12.5. The van der Waals surface area contributed by atoms with Crippen molar-refractivity contribution in [2.45, 2.75) is 26.3 Å². The van der Waals surface area contributed by atoms with E-state index in [9.17, 15) is 9.59 Å². The summed E-state index contributed by atoms with van der Waals surface area (Å²) >= 11 is 0. The van der Waals surface area contributed by atoms with Gasteiger partial charge in [-0.2, -0.15) is 4.98 Å². The number of nitrogens with zero attached hydrogens (tertiary/aromatic N) is 3. The van der Waals surface area contributed by atoms with Crippen molar-refractivity contribution in [1.82, 2.24) is 20.4 Å². The first-order valence-electron chi connectivity index (χ1n) is 5.92. The van der Waals surface area contributed by atoms with Crippen molar-refractivity contribution in [3.05, 3.63) is 12.2 Å². The Labute approximate surface area is 105 Å². The average Bonchev–Trinajstić information content (AvgIpc) is 2.82. The predicted molar refractivity (Wildman–Crippen MR) is 61.4 cm³/mol. The van der Waals surface area contributed by atoms with Crippen molar-refractivity contribution in [2.75, 3.05) is 13.1 Å². The van der Waals surface area contributed by atoms with E-state index in [1.54, 1.807) is 4.90 Å². The number of aromatic nitrogens is 2. The minimum Gasteiger partial charge on any atom is -0.345 e. The molecular formula is C11H16N4O3. The van der Waals surface area contributed by atoms with Gasteiger partial charge in [0.05, 0.1) is 6.54 Å². The van der Waals surface area contributed by atoms with Gasteiger partial charge in [0.2, 0.25) is 18.2 Å². The fourth-order valence-corrected chi connectivity index (χ4v) is 2.11. The summed E-state index contributed by atoms with van der Waals surface area (Å²) < 4.78 is 4.63. The fraction of sp³-hybridized carbons (Fsp3) is 0.636. The van der Waals surface area contributed by atoms with Crippen LogP contribution in [0.3, 0.4) is 0 Å². The Kier molecular flexibility index (Phi) is 3.59. The van der Waals surface area contributed by atoms with E-state index in [0.29, 0.717) is 18.8 Å². The molecule has 7 nitrogen and oxygen atoms in total. The second-order valence-electron chi connectivity index (χ2n) is 4.59. The lowest BCUT2D eigenvalue weighted by Crippen LogP contribution is -2.60. The topological polar surface area (TPSA) is 88.3 Å². The van der Waals surface area contributed by atoms with E-state index in [4.69, 9.17) is 0 Å². The Hall–Kier alpha value is -1.92. The Morgan fingerprint density at radius 1 is 1.56 bits per heavy atom. The number of hydrogen-bond donors (Lipinski definition) is 1. The van der Waals surface area contributed by atoms with Crippen LogP contribution in [-0.4, -0.2) is 46.0 Å². The quantitative estimate of drug-likeness (QED) is 0.787. The molecule has 0 bridgehead atoms. The largest absolute Gasteiger partial charge is 0.345 e. The third-order valence-corrected chi connectivity index (χ3v) is 2.95. The van der Waals surface area contributed by atoms with Crippen LogP contribution in [0.15, 0.2) is 10.9 Å². The van der Waals surface area contributed by atoms with Crippen LogP contribution in [0.1, 0.15) is 19.7 Å². The summed E-state index contributed by atoms with van der Waals surface area (Å²) in [5.74, 6) is 0.435. The molecule has 1 N–H and O–H groups in total. The monoisotopic (exact) mass is 252 g/mol. The predicted octanol–water partition coefficient (Wildman–Crippen LogP) is -0.405. The Balaban J connectivity index is 2.06. The summed E-state index contributed by atoms with van der Waals surface area (Å²) in [5.41, 5.74) is 0. The normalized spacial score (nSPS) is 20.4. The summed E-state index contributed by atoms with van der Waals surface area (Å²) in [6.07, 6.45) is 1.73. The highest BCUT2D eigenvalue weighted by Gasteiger charge is 2.36. The molecule has 0 aliphatic carbocycles. The van der Waals surface area contributed by atoms with Gasteiger partial charge in [-0.15, -0.1) is 0 Å². The molecule has 1 unspecified atom stereocenters. The SMILES string of the molecule is CC(C)C1C(=O)NCC(=O)N1CCc1ncon1. The van der Waals surface area contributed by atoms with Gasteiger partial charge >= 0.3 is 0 Å². The molecule has 1 aliphatic heterocycles. The van der Waals surface area contributed by atoms with Gasteiger partial charge in [-0.05, 0) is 5.92 Å². The highest BCUT2D eigenvalue weighted by molar-refractivity contribution is 5.94. The molecule has 18 heavy (non-hydrogen) atoms. The molecule has 0 saturated carbocycles.